The first-order chi connectivity index (χ1) is 10.1. The number of carbonyl (C=O) groups is 1. The molecule has 3 rings (SSSR count). The predicted molar refractivity (Wildman–Crippen MR) is 86.9 cm³/mol. The quantitative estimate of drug-likeness (QED) is 0.801. The van der Waals surface area contributed by atoms with E-state index in [1.54, 1.807) is 4.31 Å². The number of hydrogen-bond acceptors (Lipinski definition) is 3. The molecule has 0 spiro atoms. The first kappa shape index (κ1) is 16.4. The molecule has 4 atom stereocenters. The van der Waals surface area contributed by atoms with Crippen LogP contribution >= 0.6 is 0 Å². The number of Topliss-reactive ketones (excluding diaryl/α,β-unsaturated/α-hetero) is 1. The minimum absolute atomic E-state index is 0.0295. The molecule has 2 saturated carbocycles. The fourth-order valence-corrected chi connectivity index (χ4v) is 7.79. The van der Waals surface area contributed by atoms with E-state index in [2.05, 4.69) is 27.7 Å². The van der Waals surface area contributed by atoms with Crippen molar-refractivity contribution in [2.45, 2.75) is 53.4 Å². The zero-order chi connectivity index (χ0) is 16.3. The highest BCUT2D eigenvalue weighted by atomic mass is 32.2. The molecule has 0 amide bonds. The van der Waals surface area contributed by atoms with Gasteiger partial charge in [0.15, 0.2) is 0 Å². The molecule has 1 aliphatic heterocycles. The van der Waals surface area contributed by atoms with Crippen LogP contribution in [0.1, 0.15) is 53.4 Å². The third-order valence-electron chi connectivity index (χ3n) is 6.80. The van der Waals surface area contributed by atoms with Crippen LogP contribution in [0.4, 0.5) is 0 Å². The van der Waals surface area contributed by atoms with Gasteiger partial charge in [-0.15, -0.1) is 0 Å². The Morgan fingerprint density at radius 3 is 2.23 bits per heavy atom. The third kappa shape index (κ3) is 2.27. The second kappa shape index (κ2) is 5.04. The van der Waals surface area contributed by atoms with E-state index in [1.165, 1.54) is 0 Å². The zero-order valence-electron chi connectivity index (χ0n) is 14.3. The van der Waals surface area contributed by atoms with Gasteiger partial charge >= 0.3 is 0 Å². The lowest BCUT2D eigenvalue weighted by atomic mass is 9.70. The fraction of sp³-hybridized carbons (Fsp3) is 0.941. The number of piperidine rings is 1. The zero-order valence-corrected chi connectivity index (χ0v) is 15.1. The topological polar surface area (TPSA) is 54.5 Å². The Balaban J connectivity index is 1.87. The summed E-state index contributed by atoms with van der Waals surface area (Å²) >= 11 is 0. The van der Waals surface area contributed by atoms with Crippen molar-refractivity contribution in [3.05, 3.63) is 0 Å². The number of carbonyl (C=O) groups excluding carboxylic acids is 1. The monoisotopic (exact) mass is 327 g/mol. The van der Waals surface area contributed by atoms with E-state index >= 15 is 0 Å². The number of ketones is 1. The molecule has 5 heteroatoms. The highest BCUT2D eigenvalue weighted by Gasteiger charge is 2.65. The van der Waals surface area contributed by atoms with Crippen molar-refractivity contribution in [1.82, 2.24) is 4.31 Å². The highest BCUT2D eigenvalue weighted by Crippen LogP contribution is 2.64. The van der Waals surface area contributed by atoms with Gasteiger partial charge in [0.05, 0.1) is 5.75 Å². The minimum Gasteiger partial charge on any atom is -0.299 e. The number of nitrogens with zero attached hydrogens (tertiary/aromatic N) is 1. The van der Waals surface area contributed by atoms with Gasteiger partial charge in [0.25, 0.3) is 0 Å². The molecule has 126 valence electrons. The van der Waals surface area contributed by atoms with E-state index in [0.29, 0.717) is 37.3 Å². The summed E-state index contributed by atoms with van der Waals surface area (Å²) in [5, 5.41) is 0. The number of fused-ring (bicyclic) bond motifs is 2. The number of rotatable bonds is 3. The fourth-order valence-electron chi connectivity index (χ4n) is 5.34. The summed E-state index contributed by atoms with van der Waals surface area (Å²) in [6.07, 6.45) is 3.42. The Morgan fingerprint density at radius 2 is 1.77 bits per heavy atom. The molecule has 0 radical (unpaired) electrons. The van der Waals surface area contributed by atoms with E-state index in [4.69, 9.17) is 0 Å². The maximum absolute atomic E-state index is 13.0. The minimum atomic E-state index is -3.37. The Kier molecular flexibility index (Phi) is 3.76. The van der Waals surface area contributed by atoms with Gasteiger partial charge < -0.3 is 0 Å². The van der Waals surface area contributed by atoms with Crippen molar-refractivity contribution in [2.24, 2.45) is 28.6 Å². The van der Waals surface area contributed by atoms with Gasteiger partial charge in [0.1, 0.15) is 5.78 Å². The van der Waals surface area contributed by atoms with Crippen LogP contribution in [-0.4, -0.2) is 37.3 Å². The largest absolute Gasteiger partial charge is 0.299 e. The van der Waals surface area contributed by atoms with Crippen LogP contribution < -0.4 is 0 Å². The molecule has 2 bridgehead atoms. The first-order valence-corrected chi connectivity index (χ1v) is 10.2. The molecular formula is C17H29NO3S. The predicted octanol–water partition coefficient (Wildman–Crippen LogP) is 2.69. The van der Waals surface area contributed by atoms with Crippen LogP contribution in [0.5, 0.6) is 0 Å². The molecule has 0 aromatic carbocycles. The van der Waals surface area contributed by atoms with Gasteiger partial charge in [-0.05, 0) is 42.4 Å². The smallest absolute Gasteiger partial charge is 0.215 e. The van der Waals surface area contributed by atoms with Crippen molar-refractivity contribution >= 4 is 15.8 Å². The van der Waals surface area contributed by atoms with Gasteiger partial charge in [-0.2, -0.15) is 0 Å². The van der Waals surface area contributed by atoms with E-state index in [1.807, 2.05) is 0 Å². The van der Waals surface area contributed by atoms with Crippen LogP contribution in [0.3, 0.4) is 0 Å². The summed E-state index contributed by atoms with van der Waals surface area (Å²) < 4.78 is 27.7. The molecule has 0 unspecified atom stereocenters. The second-order valence-corrected chi connectivity index (χ2v) is 10.7. The maximum Gasteiger partial charge on any atom is 0.215 e. The van der Waals surface area contributed by atoms with Crippen molar-refractivity contribution in [2.75, 3.05) is 18.8 Å². The average Bonchev–Trinajstić information content (AvgIpc) is 2.71. The summed E-state index contributed by atoms with van der Waals surface area (Å²) in [7, 11) is -3.37. The maximum atomic E-state index is 13.0. The Labute approximate surface area is 134 Å². The number of hydrogen-bond donors (Lipinski definition) is 0. The van der Waals surface area contributed by atoms with Crippen molar-refractivity contribution < 1.29 is 13.2 Å². The van der Waals surface area contributed by atoms with Crippen LogP contribution in [0, 0.1) is 28.6 Å². The molecule has 3 aliphatic rings. The van der Waals surface area contributed by atoms with E-state index in [9.17, 15) is 13.2 Å². The molecule has 0 aromatic rings. The standard InChI is InChI=1S/C17H29NO3S/c1-12-7-13(2)10-18(9-12)22(20,21)11-17-6-5-14(8-15(17)19)16(17,3)4/h12-14H,5-11H2,1-4H3/t12-,13+,14-,17+/m0/s1. The van der Waals surface area contributed by atoms with Crippen LogP contribution in [-0.2, 0) is 14.8 Å². The van der Waals surface area contributed by atoms with E-state index < -0.39 is 15.4 Å². The molecule has 1 saturated heterocycles. The lowest BCUT2D eigenvalue weighted by Crippen LogP contribution is -2.50. The van der Waals surface area contributed by atoms with Crippen molar-refractivity contribution in [1.29, 1.82) is 0 Å². The molecule has 4 nitrogen and oxygen atoms in total. The molecule has 1 heterocycles. The molecule has 22 heavy (non-hydrogen) atoms. The average molecular weight is 327 g/mol. The molecule has 2 aliphatic carbocycles. The van der Waals surface area contributed by atoms with Gasteiger partial charge in [-0.3, -0.25) is 4.79 Å². The molecule has 0 aromatic heterocycles. The first-order valence-electron chi connectivity index (χ1n) is 8.59. The Morgan fingerprint density at radius 1 is 1.18 bits per heavy atom. The van der Waals surface area contributed by atoms with Gasteiger partial charge in [-0.1, -0.05) is 27.7 Å². The Bertz CT molecular complexity index is 573. The summed E-state index contributed by atoms with van der Waals surface area (Å²) in [4.78, 5) is 12.6. The summed E-state index contributed by atoms with van der Waals surface area (Å²) in [6.45, 7) is 9.67. The molecular weight excluding hydrogens is 298 g/mol. The molecule has 0 N–H and O–H groups in total. The van der Waals surface area contributed by atoms with Gasteiger partial charge in [0.2, 0.25) is 10.0 Å². The van der Waals surface area contributed by atoms with Crippen molar-refractivity contribution in [3.63, 3.8) is 0 Å². The Hall–Kier alpha value is -0.420. The highest BCUT2D eigenvalue weighted by molar-refractivity contribution is 7.89. The number of sulfonamides is 1. The second-order valence-electron chi connectivity index (χ2n) is 8.69. The van der Waals surface area contributed by atoms with Gasteiger partial charge in [0, 0.05) is 24.9 Å². The lowest BCUT2D eigenvalue weighted by Gasteiger charge is -2.40. The van der Waals surface area contributed by atoms with Crippen LogP contribution in [0.25, 0.3) is 0 Å². The lowest BCUT2D eigenvalue weighted by molar-refractivity contribution is -0.128. The third-order valence-corrected chi connectivity index (χ3v) is 8.74. The van der Waals surface area contributed by atoms with Crippen molar-refractivity contribution in [3.8, 4) is 0 Å². The summed E-state index contributed by atoms with van der Waals surface area (Å²) in [6, 6.07) is 0. The van der Waals surface area contributed by atoms with Crippen LogP contribution in [0.2, 0.25) is 0 Å². The normalized spacial score (nSPS) is 42.0. The van der Waals surface area contributed by atoms with Gasteiger partial charge in [-0.25, -0.2) is 12.7 Å². The summed E-state index contributed by atoms with van der Waals surface area (Å²) in [5.41, 5.74) is -0.815. The van der Waals surface area contributed by atoms with Crippen LogP contribution in [0.15, 0.2) is 0 Å². The summed E-state index contributed by atoms with van der Waals surface area (Å²) in [5.74, 6) is 1.39. The van der Waals surface area contributed by atoms with E-state index in [-0.39, 0.29) is 17.0 Å². The van der Waals surface area contributed by atoms with E-state index in [0.717, 1.165) is 19.3 Å². The molecule has 3 fully saturated rings. The SMILES string of the molecule is C[C@@H]1C[C@H](C)CN(S(=O)(=O)C[C@]23CC[C@@H](CC2=O)C3(C)C)C1.